The molecule has 1 aromatic carbocycles. The zero-order valence-electron chi connectivity index (χ0n) is 12.2. The van der Waals surface area contributed by atoms with Gasteiger partial charge in [-0.15, -0.1) is 0 Å². The lowest BCUT2D eigenvalue weighted by Gasteiger charge is -2.20. The van der Waals surface area contributed by atoms with E-state index in [1.807, 2.05) is 39.0 Å². The molecule has 0 bridgehead atoms. The number of pyridine rings is 1. The number of hydrogen-bond donors (Lipinski definition) is 1. The van der Waals surface area contributed by atoms with Gasteiger partial charge in [-0.2, -0.15) is 0 Å². The number of rotatable bonds is 5. The van der Waals surface area contributed by atoms with Crippen LogP contribution in [0.3, 0.4) is 0 Å². The van der Waals surface area contributed by atoms with Crippen molar-refractivity contribution < 1.29 is 4.74 Å². The molecule has 0 amide bonds. The molecule has 0 aliphatic carbocycles. The molecule has 0 aliphatic heterocycles. The Morgan fingerprint density at radius 1 is 1.14 bits per heavy atom. The van der Waals surface area contributed by atoms with Crippen molar-refractivity contribution in [1.82, 2.24) is 4.98 Å². The lowest BCUT2D eigenvalue weighted by atomic mass is 10.1. The highest BCUT2D eigenvalue weighted by Crippen LogP contribution is 2.31. The van der Waals surface area contributed by atoms with E-state index in [-0.39, 0.29) is 12.1 Å². The Morgan fingerprint density at radius 2 is 1.90 bits per heavy atom. The van der Waals surface area contributed by atoms with Gasteiger partial charge in [0.05, 0.1) is 17.8 Å². The van der Waals surface area contributed by atoms with Crippen molar-refractivity contribution >= 4 is 28.9 Å². The van der Waals surface area contributed by atoms with E-state index < -0.39 is 0 Å². The summed E-state index contributed by atoms with van der Waals surface area (Å²) in [5, 5.41) is 4.71. The van der Waals surface area contributed by atoms with Crippen molar-refractivity contribution in [3.05, 3.63) is 52.1 Å². The molecule has 112 valence electrons. The lowest BCUT2D eigenvalue weighted by Crippen LogP contribution is -2.12. The van der Waals surface area contributed by atoms with E-state index in [4.69, 9.17) is 27.9 Å². The minimum atomic E-state index is -0.0186. The third-order valence-corrected chi connectivity index (χ3v) is 3.49. The summed E-state index contributed by atoms with van der Waals surface area (Å²) in [7, 11) is 0. The van der Waals surface area contributed by atoms with Crippen LogP contribution in [0.5, 0.6) is 5.88 Å². The summed E-state index contributed by atoms with van der Waals surface area (Å²) < 4.78 is 5.70. The van der Waals surface area contributed by atoms with Gasteiger partial charge in [0.25, 0.3) is 0 Å². The summed E-state index contributed by atoms with van der Waals surface area (Å²) in [5.74, 6) is 0.581. The number of benzene rings is 1. The van der Waals surface area contributed by atoms with Crippen LogP contribution in [0.15, 0.2) is 36.5 Å². The van der Waals surface area contributed by atoms with Crippen LogP contribution in [0, 0.1) is 0 Å². The van der Waals surface area contributed by atoms with Gasteiger partial charge in [0.2, 0.25) is 5.88 Å². The third-order valence-electron chi connectivity index (χ3n) is 2.92. The Kier molecular flexibility index (Phi) is 5.32. The molecule has 1 N–H and O–H groups in total. The molecule has 21 heavy (non-hydrogen) atoms. The fourth-order valence-electron chi connectivity index (χ4n) is 1.98. The van der Waals surface area contributed by atoms with Crippen molar-refractivity contribution in [3.8, 4) is 5.88 Å². The molecule has 0 saturated heterocycles. The summed E-state index contributed by atoms with van der Waals surface area (Å²) in [6.07, 6.45) is 1.77. The summed E-state index contributed by atoms with van der Waals surface area (Å²) in [6.45, 7) is 5.95. The van der Waals surface area contributed by atoms with E-state index >= 15 is 0 Å². The average molecular weight is 325 g/mol. The maximum atomic E-state index is 6.24. The average Bonchev–Trinajstić information content (AvgIpc) is 2.43. The van der Waals surface area contributed by atoms with Gasteiger partial charge >= 0.3 is 0 Å². The molecule has 1 atom stereocenters. The standard InChI is InChI=1S/C16H18Cl2N2O/c1-10(2)21-16-15(5-4-8-19-16)20-11(3)13-9-12(17)6-7-14(13)18/h4-11,20H,1-3H3. The zero-order chi connectivity index (χ0) is 15.4. The molecule has 1 aromatic heterocycles. The predicted molar refractivity (Wildman–Crippen MR) is 88.5 cm³/mol. The molecule has 2 rings (SSSR count). The van der Waals surface area contributed by atoms with E-state index in [1.165, 1.54) is 0 Å². The van der Waals surface area contributed by atoms with Gasteiger partial charge in [-0.3, -0.25) is 0 Å². The number of ether oxygens (including phenoxy) is 1. The first kappa shape index (κ1) is 15.9. The molecular weight excluding hydrogens is 307 g/mol. The Morgan fingerprint density at radius 3 is 2.62 bits per heavy atom. The third kappa shape index (κ3) is 4.26. The molecule has 5 heteroatoms. The van der Waals surface area contributed by atoms with E-state index in [1.54, 1.807) is 18.3 Å². The minimum absolute atomic E-state index is 0.0186. The van der Waals surface area contributed by atoms with Crippen molar-refractivity contribution in [1.29, 1.82) is 0 Å². The second-order valence-electron chi connectivity index (χ2n) is 5.05. The van der Waals surface area contributed by atoms with Crippen LogP contribution in [-0.4, -0.2) is 11.1 Å². The molecule has 1 heterocycles. The first-order valence-electron chi connectivity index (χ1n) is 6.80. The fraction of sp³-hybridized carbons (Fsp3) is 0.312. The van der Waals surface area contributed by atoms with Gasteiger partial charge < -0.3 is 10.1 Å². The SMILES string of the molecule is CC(C)Oc1ncccc1NC(C)c1cc(Cl)ccc1Cl. The van der Waals surface area contributed by atoms with Gasteiger partial charge in [-0.25, -0.2) is 4.98 Å². The predicted octanol–water partition coefficient (Wildman–Crippen LogP) is 5.35. The highest BCUT2D eigenvalue weighted by atomic mass is 35.5. The van der Waals surface area contributed by atoms with Crippen LogP contribution in [-0.2, 0) is 0 Å². The largest absolute Gasteiger partial charge is 0.473 e. The number of hydrogen-bond acceptors (Lipinski definition) is 3. The van der Waals surface area contributed by atoms with Crippen LogP contribution in [0.25, 0.3) is 0 Å². The lowest BCUT2D eigenvalue weighted by molar-refractivity contribution is 0.234. The van der Waals surface area contributed by atoms with Gasteiger partial charge in [-0.05, 0) is 56.7 Å². The van der Waals surface area contributed by atoms with Gasteiger partial charge in [0.1, 0.15) is 0 Å². The summed E-state index contributed by atoms with van der Waals surface area (Å²) in [5.41, 5.74) is 1.76. The van der Waals surface area contributed by atoms with Gasteiger partial charge in [0, 0.05) is 16.2 Å². The Balaban J connectivity index is 2.23. The summed E-state index contributed by atoms with van der Waals surface area (Å²) in [4.78, 5) is 4.26. The van der Waals surface area contributed by atoms with Crippen molar-refractivity contribution in [2.24, 2.45) is 0 Å². The highest BCUT2D eigenvalue weighted by molar-refractivity contribution is 6.33. The molecule has 0 aliphatic rings. The first-order chi connectivity index (χ1) is 9.97. The summed E-state index contributed by atoms with van der Waals surface area (Å²) >= 11 is 12.3. The van der Waals surface area contributed by atoms with E-state index in [0.29, 0.717) is 15.9 Å². The topological polar surface area (TPSA) is 34.1 Å². The van der Waals surface area contributed by atoms with Crippen LogP contribution in [0.1, 0.15) is 32.4 Å². The van der Waals surface area contributed by atoms with Crippen LogP contribution < -0.4 is 10.1 Å². The Hall–Kier alpha value is -1.45. The van der Waals surface area contributed by atoms with Gasteiger partial charge in [0.15, 0.2) is 0 Å². The number of nitrogens with one attached hydrogen (secondary N) is 1. The van der Waals surface area contributed by atoms with E-state index in [2.05, 4.69) is 10.3 Å². The second kappa shape index (κ2) is 7.01. The second-order valence-corrected chi connectivity index (χ2v) is 5.90. The number of aromatic nitrogens is 1. The molecule has 0 radical (unpaired) electrons. The molecule has 0 spiro atoms. The number of nitrogens with zero attached hydrogens (tertiary/aromatic N) is 1. The number of anilines is 1. The van der Waals surface area contributed by atoms with Crippen LogP contribution in [0.4, 0.5) is 5.69 Å². The van der Waals surface area contributed by atoms with Crippen molar-refractivity contribution in [2.45, 2.75) is 32.9 Å². The summed E-state index contributed by atoms with van der Waals surface area (Å²) in [6, 6.07) is 9.21. The van der Waals surface area contributed by atoms with Crippen LogP contribution >= 0.6 is 23.2 Å². The molecule has 0 saturated carbocycles. The van der Waals surface area contributed by atoms with Crippen LogP contribution in [0.2, 0.25) is 10.0 Å². The smallest absolute Gasteiger partial charge is 0.237 e. The number of halogens is 2. The van der Waals surface area contributed by atoms with E-state index in [0.717, 1.165) is 11.3 Å². The monoisotopic (exact) mass is 324 g/mol. The fourth-order valence-corrected chi connectivity index (χ4v) is 2.44. The normalized spacial score (nSPS) is 12.3. The quantitative estimate of drug-likeness (QED) is 0.805. The maximum Gasteiger partial charge on any atom is 0.237 e. The molecule has 2 aromatic rings. The highest BCUT2D eigenvalue weighted by Gasteiger charge is 2.14. The molecular formula is C16H18Cl2N2O. The molecule has 1 unspecified atom stereocenters. The first-order valence-corrected chi connectivity index (χ1v) is 7.56. The van der Waals surface area contributed by atoms with Gasteiger partial charge in [-0.1, -0.05) is 23.2 Å². The maximum absolute atomic E-state index is 6.24. The Labute approximate surface area is 135 Å². The van der Waals surface area contributed by atoms with E-state index in [9.17, 15) is 0 Å². The van der Waals surface area contributed by atoms with Crippen molar-refractivity contribution in [3.63, 3.8) is 0 Å². The molecule has 0 fully saturated rings. The zero-order valence-corrected chi connectivity index (χ0v) is 13.7. The molecule has 3 nitrogen and oxygen atoms in total. The Bertz CT molecular complexity index is 617. The van der Waals surface area contributed by atoms with Crippen molar-refractivity contribution in [2.75, 3.05) is 5.32 Å². The minimum Gasteiger partial charge on any atom is -0.473 e.